The largest absolute Gasteiger partial charge is 0.462 e. The van der Waals surface area contributed by atoms with Crippen molar-refractivity contribution in [1.29, 1.82) is 0 Å². The zero-order valence-electron chi connectivity index (χ0n) is 23.7. The molecule has 0 saturated heterocycles. The molecule has 0 unspecified atom stereocenters. The molecule has 0 N–H and O–H groups in total. The van der Waals surface area contributed by atoms with Crippen molar-refractivity contribution in [3.05, 3.63) is 63.3 Å². The van der Waals surface area contributed by atoms with Gasteiger partial charge in [-0.2, -0.15) is 0 Å². The zero-order valence-corrected chi connectivity index (χ0v) is 23.7. The summed E-state index contributed by atoms with van der Waals surface area (Å²) in [5.74, 6) is 1.28. The van der Waals surface area contributed by atoms with Crippen LogP contribution in [0.2, 0.25) is 0 Å². The maximum absolute atomic E-state index is 13.5. The molecule has 1 aromatic heterocycles. The van der Waals surface area contributed by atoms with Gasteiger partial charge in [-0.05, 0) is 87.0 Å². The first-order valence-electron chi connectivity index (χ1n) is 13.6. The van der Waals surface area contributed by atoms with Gasteiger partial charge in [-0.25, -0.2) is 4.79 Å². The van der Waals surface area contributed by atoms with Crippen LogP contribution in [-0.4, -0.2) is 17.9 Å². The van der Waals surface area contributed by atoms with E-state index in [4.69, 9.17) is 9.15 Å². The summed E-state index contributed by atoms with van der Waals surface area (Å²) < 4.78 is 11.2. The number of rotatable bonds is 4. The third-order valence-corrected chi connectivity index (χ3v) is 10.0. The normalized spacial score (nSPS) is 34.8. The fourth-order valence-corrected chi connectivity index (χ4v) is 8.17. The second kappa shape index (κ2) is 9.56. The number of aryl methyl sites for hydroxylation is 1. The lowest BCUT2D eigenvalue weighted by atomic mass is 9.43. The van der Waals surface area contributed by atoms with Gasteiger partial charge in [-0.15, -0.1) is 0 Å². The second-order valence-corrected chi connectivity index (χ2v) is 12.7. The molecule has 4 rings (SSSR count). The summed E-state index contributed by atoms with van der Waals surface area (Å²) in [6, 6.07) is 3.58. The first-order chi connectivity index (χ1) is 17.2. The first-order valence-corrected chi connectivity index (χ1v) is 13.6. The topological polar surface area (TPSA) is 73.6 Å². The van der Waals surface area contributed by atoms with E-state index in [2.05, 4.69) is 27.7 Å². The number of Topliss-reactive ketones (excluding diaryl/α,β-unsaturated/α-hetero) is 1. The van der Waals surface area contributed by atoms with Crippen LogP contribution in [0.5, 0.6) is 0 Å². The molecule has 5 nitrogen and oxygen atoms in total. The standard InChI is InChI=1S/C32H42O5/c1-19(24-13-12-21(3)29(35)37-24)10-9-11-20(2)28-23(34)18-26-31(7)17-15-27(36-22(4)33)30(5,6)25(31)14-16-32(26,28)8/h9-13,25-27H,14-18H2,1-8H3/b11-9+,19-10+,28-20+/t25-,26-,27-,31-,32-/m0/s1. The summed E-state index contributed by atoms with van der Waals surface area (Å²) in [7, 11) is 0. The van der Waals surface area contributed by atoms with Crippen molar-refractivity contribution in [3.63, 3.8) is 0 Å². The highest BCUT2D eigenvalue weighted by molar-refractivity contribution is 6.00. The maximum Gasteiger partial charge on any atom is 0.339 e. The van der Waals surface area contributed by atoms with Gasteiger partial charge in [0.25, 0.3) is 0 Å². The number of ether oxygens (including phenoxy) is 1. The predicted molar refractivity (Wildman–Crippen MR) is 146 cm³/mol. The lowest BCUT2D eigenvalue weighted by molar-refractivity contribution is -0.185. The average molecular weight is 507 g/mol. The Balaban J connectivity index is 1.62. The minimum Gasteiger partial charge on any atom is -0.462 e. The molecule has 0 aromatic carbocycles. The van der Waals surface area contributed by atoms with E-state index in [1.807, 2.05) is 38.1 Å². The van der Waals surface area contributed by atoms with Gasteiger partial charge in [0.2, 0.25) is 0 Å². The van der Waals surface area contributed by atoms with Crippen molar-refractivity contribution >= 4 is 17.3 Å². The number of esters is 1. The summed E-state index contributed by atoms with van der Waals surface area (Å²) in [4.78, 5) is 37.2. The fraction of sp³-hybridized carbons (Fsp3) is 0.594. The van der Waals surface area contributed by atoms with Gasteiger partial charge in [-0.1, -0.05) is 45.9 Å². The van der Waals surface area contributed by atoms with Gasteiger partial charge in [0.05, 0.1) is 0 Å². The molecule has 5 atom stereocenters. The van der Waals surface area contributed by atoms with E-state index < -0.39 is 0 Å². The third-order valence-electron chi connectivity index (χ3n) is 10.0. The second-order valence-electron chi connectivity index (χ2n) is 12.7. The molecule has 200 valence electrons. The Labute approximate surface area is 221 Å². The average Bonchev–Trinajstić information content (AvgIpc) is 3.08. The van der Waals surface area contributed by atoms with Crippen LogP contribution in [0.1, 0.15) is 91.9 Å². The van der Waals surface area contributed by atoms with Gasteiger partial charge in [-0.3, -0.25) is 9.59 Å². The molecule has 1 aromatic rings. The van der Waals surface area contributed by atoms with Crippen LogP contribution in [0, 0.1) is 35.0 Å². The molecule has 3 aliphatic carbocycles. The summed E-state index contributed by atoms with van der Waals surface area (Å²) in [5.41, 5.74) is 2.84. The molecule has 0 bridgehead atoms. The number of fused-ring (bicyclic) bond motifs is 3. The van der Waals surface area contributed by atoms with Gasteiger partial charge in [0.1, 0.15) is 11.9 Å². The summed E-state index contributed by atoms with van der Waals surface area (Å²) in [6.45, 7) is 16.4. The molecule has 0 spiro atoms. The van der Waals surface area contributed by atoms with Crippen molar-refractivity contribution < 1.29 is 18.7 Å². The molecule has 3 saturated carbocycles. The zero-order chi connectivity index (χ0) is 27.3. The number of carbonyl (C=O) groups is 2. The van der Waals surface area contributed by atoms with E-state index in [1.165, 1.54) is 6.92 Å². The summed E-state index contributed by atoms with van der Waals surface area (Å²) in [6.07, 6.45) is 10.2. The Morgan fingerprint density at radius 1 is 1.03 bits per heavy atom. The minimum atomic E-state index is -0.322. The molecule has 0 amide bonds. The monoisotopic (exact) mass is 506 g/mol. The molecule has 3 fully saturated rings. The van der Waals surface area contributed by atoms with E-state index in [1.54, 1.807) is 13.0 Å². The first kappa shape index (κ1) is 27.3. The number of carbonyl (C=O) groups excluding carboxylic acids is 2. The van der Waals surface area contributed by atoms with Crippen LogP contribution in [0.3, 0.4) is 0 Å². The Kier molecular flexibility index (Phi) is 7.07. The van der Waals surface area contributed by atoms with Crippen molar-refractivity contribution in [2.75, 3.05) is 0 Å². The van der Waals surface area contributed by atoms with Crippen LogP contribution in [-0.2, 0) is 14.3 Å². The van der Waals surface area contributed by atoms with E-state index in [0.29, 0.717) is 23.7 Å². The third kappa shape index (κ3) is 4.59. The Morgan fingerprint density at radius 2 is 1.73 bits per heavy atom. The van der Waals surface area contributed by atoms with Crippen molar-refractivity contribution in [1.82, 2.24) is 0 Å². The highest BCUT2D eigenvalue weighted by Crippen LogP contribution is 2.69. The maximum atomic E-state index is 13.5. The van der Waals surface area contributed by atoms with Crippen molar-refractivity contribution in [3.8, 4) is 0 Å². The molecular formula is C32H42O5. The Bertz CT molecular complexity index is 1260. The highest BCUT2D eigenvalue weighted by Gasteiger charge is 2.65. The van der Waals surface area contributed by atoms with E-state index in [9.17, 15) is 14.4 Å². The van der Waals surface area contributed by atoms with Gasteiger partial charge in [0, 0.05) is 35.3 Å². The fourth-order valence-electron chi connectivity index (χ4n) is 8.17. The highest BCUT2D eigenvalue weighted by atomic mass is 16.5. The number of allylic oxidation sites excluding steroid dienone is 6. The number of hydrogen-bond donors (Lipinski definition) is 0. The lowest BCUT2D eigenvalue weighted by Crippen LogP contribution is -2.58. The van der Waals surface area contributed by atoms with Crippen molar-refractivity contribution in [2.24, 2.45) is 28.1 Å². The van der Waals surface area contributed by atoms with E-state index >= 15 is 0 Å². The van der Waals surface area contributed by atoms with Gasteiger partial charge < -0.3 is 9.15 Å². The Morgan fingerprint density at radius 3 is 2.38 bits per heavy atom. The van der Waals surface area contributed by atoms with E-state index in [-0.39, 0.29) is 45.6 Å². The summed E-state index contributed by atoms with van der Waals surface area (Å²) >= 11 is 0. The molecule has 3 aliphatic rings. The molecule has 0 radical (unpaired) electrons. The van der Waals surface area contributed by atoms with Crippen LogP contribution in [0.25, 0.3) is 5.57 Å². The van der Waals surface area contributed by atoms with Crippen LogP contribution in [0.4, 0.5) is 0 Å². The predicted octanol–water partition coefficient (Wildman–Crippen LogP) is 6.99. The molecule has 5 heteroatoms. The van der Waals surface area contributed by atoms with Gasteiger partial charge >= 0.3 is 11.6 Å². The number of hydrogen-bond acceptors (Lipinski definition) is 5. The van der Waals surface area contributed by atoms with Crippen LogP contribution < -0.4 is 5.63 Å². The quantitative estimate of drug-likeness (QED) is 0.250. The Hall–Kier alpha value is -2.69. The van der Waals surface area contributed by atoms with Crippen LogP contribution >= 0.6 is 0 Å². The summed E-state index contributed by atoms with van der Waals surface area (Å²) in [5, 5.41) is 0. The molecule has 1 heterocycles. The van der Waals surface area contributed by atoms with Crippen LogP contribution in [0.15, 0.2) is 50.7 Å². The molecule has 37 heavy (non-hydrogen) atoms. The SMILES string of the molecule is CC(=O)O[C@H]1CC[C@@]2(C)[C@@H](CC[C@]3(C)/C(=C(C)/C=C/C=C(\C)c4ccc(C)c(=O)o4)C(=O)C[C@@H]23)C1(C)C. The molecular weight excluding hydrogens is 464 g/mol. The lowest BCUT2D eigenvalue weighted by Gasteiger charge is -2.62. The smallest absolute Gasteiger partial charge is 0.339 e. The van der Waals surface area contributed by atoms with Gasteiger partial charge in [0.15, 0.2) is 5.78 Å². The van der Waals surface area contributed by atoms with E-state index in [0.717, 1.165) is 42.4 Å². The van der Waals surface area contributed by atoms with Crippen molar-refractivity contribution in [2.45, 2.75) is 93.6 Å². The molecule has 0 aliphatic heterocycles. The number of ketones is 1. The minimum absolute atomic E-state index is 0.0219.